The third kappa shape index (κ3) is 6.95. The second kappa shape index (κ2) is 9.79. The number of ether oxygens (including phenoxy) is 1. The van der Waals surface area contributed by atoms with Crippen LogP contribution in [0.3, 0.4) is 0 Å². The minimum absolute atomic E-state index is 0.363. The van der Waals surface area contributed by atoms with Crippen LogP contribution in [0.25, 0.3) is 0 Å². The van der Waals surface area contributed by atoms with E-state index in [-0.39, 0.29) is 5.97 Å². The average Bonchev–Trinajstić information content (AvgIpc) is 2.28. The zero-order valence-electron chi connectivity index (χ0n) is 10.5. The SMILES string of the molecule is C=C(CC(=S)N(SCC)SCC)C(=O)OCC. The molecule has 0 rings (SSSR count). The average molecular weight is 293 g/mol. The van der Waals surface area contributed by atoms with Crippen molar-refractivity contribution < 1.29 is 9.53 Å². The van der Waals surface area contributed by atoms with E-state index in [9.17, 15) is 4.79 Å². The van der Waals surface area contributed by atoms with Gasteiger partial charge < -0.3 is 4.74 Å². The first-order valence-corrected chi connectivity index (χ1v) is 7.79. The number of hydrogen-bond donors (Lipinski definition) is 0. The minimum Gasteiger partial charge on any atom is -0.463 e. The molecular formula is C11H19NO2S3. The van der Waals surface area contributed by atoms with Crippen molar-refractivity contribution in [3.63, 3.8) is 0 Å². The van der Waals surface area contributed by atoms with Crippen LogP contribution < -0.4 is 0 Å². The summed E-state index contributed by atoms with van der Waals surface area (Å²) in [5, 5.41) is 0. The summed E-state index contributed by atoms with van der Waals surface area (Å²) in [4.78, 5) is 12.1. The number of nitrogens with zero attached hydrogens (tertiary/aromatic N) is 1. The summed E-state index contributed by atoms with van der Waals surface area (Å²) < 4.78 is 6.85. The summed E-state index contributed by atoms with van der Waals surface area (Å²) >= 11 is 8.58. The maximum Gasteiger partial charge on any atom is 0.333 e. The van der Waals surface area contributed by atoms with Crippen molar-refractivity contribution in [1.29, 1.82) is 0 Å². The Morgan fingerprint density at radius 1 is 1.29 bits per heavy atom. The third-order valence-corrected chi connectivity index (χ3v) is 4.24. The van der Waals surface area contributed by atoms with Crippen LogP contribution in [0.5, 0.6) is 0 Å². The van der Waals surface area contributed by atoms with Crippen molar-refractivity contribution in [3.05, 3.63) is 12.2 Å². The van der Waals surface area contributed by atoms with Gasteiger partial charge in [-0.05, 0) is 30.8 Å². The van der Waals surface area contributed by atoms with E-state index >= 15 is 0 Å². The van der Waals surface area contributed by atoms with E-state index in [0.717, 1.165) is 11.5 Å². The number of thiocarbonyl (C=S) groups is 1. The molecule has 0 fully saturated rings. The first-order chi connectivity index (χ1) is 8.06. The second-order valence-electron chi connectivity index (χ2n) is 2.99. The molecule has 0 unspecified atom stereocenters. The van der Waals surface area contributed by atoms with Gasteiger partial charge in [0.15, 0.2) is 0 Å². The first-order valence-electron chi connectivity index (χ1n) is 5.50. The van der Waals surface area contributed by atoms with Crippen molar-refractivity contribution in [3.8, 4) is 0 Å². The van der Waals surface area contributed by atoms with Crippen LogP contribution in [0.4, 0.5) is 0 Å². The van der Waals surface area contributed by atoms with Crippen molar-refractivity contribution in [2.75, 3.05) is 18.1 Å². The van der Waals surface area contributed by atoms with E-state index in [0.29, 0.717) is 23.6 Å². The maximum atomic E-state index is 11.4. The summed E-state index contributed by atoms with van der Waals surface area (Å²) in [7, 11) is 0. The van der Waals surface area contributed by atoms with Gasteiger partial charge in [-0.3, -0.25) is 3.71 Å². The Morgan fingerprint density at radius 3 is 2.24 bits per heavy atom. The maximum absolute atomic E-state index is 11.4. The van der Waals surface area contributed by atoms with E-state index in [2.05, 4.69) is 20.4 Å². The Hall–Kier alpha value is -0.200. The molecule has 0 heterocycles. The van der Waals surface area contributed by atoms with Gasteiger partial charge >= 0.3 is 5.97 Å². The van der Waals surface area contributed by atoms with Gasteiger partial charge in [0, 0.05) is 23.5 Å². The van der Waals surface area contributed by atoms with E-state index in [1.807, 2.05) is 3.71 Å². The van der Waals surface area contributed by atoms with E-state index < -0.39 is 0 Å². The van der Waals surface area contributed by atoms with Crippen molar-refractivity contribution >= 4 is 47.1 Å². The molecule has 98 valence electrons. The van der Waals surface area contributed by atoms with Gasteiger partial charge in [-0.15, -0.1) is 0 Å². The quantitative estimate of drug-likeness (QED) is 0.295. The fourth-order valence-electron chi connectivity index (χ4n) is 0.968. The highest BCUT2D eigenvalue weighted by Gasteiger charge is 2.15. The molecule has 0 amide bonds. The normalized spacial score (nSPS) is 9.82. The molecule has 0 aromatic rings. The smallest absolute Gasteiger partial charge is 0.333 e. The van der Waals surface area contributed by atoms with E-state index in [1.54, 1.807) is 30.8 Å². The predicted octanol–water partition coefficient (Wildman–Crippen LogP) is 3.46. The monoisotopic (exact) mass is 293 g/mol. The van der Waals surface area contributed by atoms with E-state index in [1.165, 1.54) is 0 Å². The zero-order valence-corrected chi connectivity index (χ0v) is 13.0. The van der Waals surface area contributed by atoms with Crippen molar-refractivity contribution in [2.45, 2.75) is 27.2 Å². The highest BCUT2D eigenvalue weighted by atomic mass is 32.2. The standard InChI is InChI=1S/C11H19NO2S3/c1-5-14-11(13)9(4)8-10(15)12(16-6-2)17-7-3/h4-8H2,1-3H3. The van der Waals surface area contributed by atoms with Crippen LogP contribution in [0.2, 0.25) is 0 Å². The van der Waals surface area contributed by atoms with Crippen LogP contribution in [0, 0.1) is 0 Å². The van der Waals surface area contributed by atoms with Gasteiger partial charge in [-0.25, -0.2) is 4.79 Å². The molecule has 0 aliphatic carbocycles. The second-order valence-corrected chi connectivity index (χ2v) is 6.09. The molecule has 0 aromatic carbocycles. The van der Waals surface area contributed by atoms with Crippen LogP contribution in [-0.2, 0) is 9.53 Å². The number of esters is 1. The molecule has 0 aliphatic rings. The number of hydrogen-bond acceptors (Lipinski definition) is 5. The Balaban J connectivity index is 4.29. The topological polar surface area (TPSA) is 29.5 Å². The molecule has 0 radical (unpaired) electrons. The first kappa shape index (κ1) is 16.8. The molecule has 0 spiro atoms. The van der Waals surface area contributed by atoms with Crippen molar-refractivity contribution in [2.24, 2.45) is 0 Å². The molecule has 17 heavy (non-hydrogen) atoms. The Labute approximate surface area is 118 Å². The van der Waals surface area contributed by atoms with Crippen LogP contribution in [-0.4, -0.2) is 32.8 Å². The van der Waals surface area contributed by atoms with Gasteiger partial charge in [-0.1, -0.05) is 32.6 Å². The van der Waals surface area contributed by atoms with Crippen molar-refractivity contribution in [1.82, 2.24) is 3.71 Å². The summed E-state index contributed by atoms with van der Waals surface area (Å²) in [6.45, 7) is 9.98. The summed E-state index contributed by atoms with van der Waals surface area (Å²) in [6.07, 6.45) is 0.383. The lowest BCUT2D eigenvalue weighted by Crippen LogP contribution is -2.19. The molecule has 0 aliphatic heterocycles. The lowest BCUT2D eigenvalue weighted by molar-refractivity contribution is -0.138. The molecule has 6 heteroatoms. The van der Waals surface area contributed by atoms with Gasteiger partial charge in [-0.2, -0.15) is 0 Å². The fraction of sp³-hybridized carbons (Fsp3) is 0.636. The van der Waals surface area contributed by atoms with Gasteiger partial charge in [0.1, 0.15) is 4.99 Å². The molecule has 0 N–H and O–H groups in total. The molecule has 0 bridgehead atoms. The minimum atomic E-state index is -0.363. The van der Waals surface area contributed by atoms with Gasteiger partial charge in [0.05, 0.1) is 6.61 Å². The number of rotatable bonds is 8. The summed E-state index contributed by atoms with van der Waals surface area (Å²) in [5.74, 6) is 1.52. The third-order valence-electron chi connectivity index (χ3n) is 1.63. The highest BCUT2D eigenvalue weighted by molar-refractivity contribution is 8.13. The molecule has 0 aromatic heterocycles. The lowest BCUT2D eigenvalue weighted by Gasteiger charge is -2.21. The Bertz CT molecular complexity index is 276. The van der Waals surface area contributed by atoms with Gasteiger partial charge in [0.25, 0.3) is 0 Å². The summed E-state index contributed by atoms with van der Waals surface area (Å²) in [5.41, 5.74) is 0.412. The largest absolute Gasteiger partial charge is 0.463 e. The molecule has 0 atom stereocenters. The molecule has 0 saturated heterocycles. The Kier molecular flexibility index (Phi) is 9.68. The van der Waals surface area contributed by atoms with Gasteiger partial charge in [0.2, 0.25) is 0 Å². The van der Waals surface area contributed by atoms with Crippen LogP contribution >= 0.6 is 36.1 Å². The molecule has 0 saturated carbocycles. The number of carbonyl (C=O) groups excluding carboxylic acids is 1. The summed E-state index contributed by atoms with van der Waals surface area (Å²) in [6, 6.07) is 0. The lowest BCUT2D eigenvalue weighted by atomic mass is 10.2. The molecule has 3 nitrogen and oxygen atoms in total. The van der Waals surface area contributed by atoms with E-state index in [4.69, 9.17) is 17.0 Å². The zero-order chi connectivity index (χ0) is 13.3. The Morgan fingerprint density at radius 2 is 1.82 bits per heavy atom. The van der Waals surface area contributed by atoms with Crippen LogP contribution in [0.15, 0.2) is 12.2 Å². The molecular weight excluding hydrogens is 274 g/mol. The highest BCUT2D eigenvalue weighted by Crippen LogP contribution is 2.24. The number of carbonyl (C=O) groups is 1. The van der Waals surface area contributed by atoms with Crippen LogP contribution in [0.1, 0.15) is 27.2 Å². The predicted molar refractivity (Wildman–Crippen MR) is 81.1 cm³/mol. The fourth-order valence-corrected chi connectivity index (χ4v) is 3.28.